The molecule has 0 aliphatic carbocycles. The van der Waals surface area contributed by atoms with E-state index >= 15 is 0 Å². The number of unbranched alkanes of at least 4 members (excludes halogenated alkanes) is 1. The van der Waals surface area contributed by atoms with Crippen molar-refractivity contribution in [3.63, 3.8) is 0 Å². The van der Waals surface area contributed by atoms with E-state index in [1.54, 1.807) is 102 Å². The summed E-state index contributed by atoms with van der Waals surface area (Å²) in [4.78, 5) is 117. The van der Waals surface area contributed by atoms with Gasteiger partial charge >= 0.3 is 23.9 Å². The van der Waals surface area contributed by atoms with E-state index in [4.69, 9.17) is 14.2 Å². The molecular weight excluding hydrogens is 921 g/mol. The van der Waals surface area contributed by atoms with Crippen molar-refractivity contribution in [2.24, 2.45) is 35.5 Å². The molecule has 8 atom stereocenters. The number of likely N-dealkylation sites (N-methyl/N-ethyl adjacent to an activating group) is 4. The maximum atomic E-state index is 14.6. The van der Waals surface area contributed by atoms with Crippen LogP contribution in [0.25, 0.3) is 0 Å². The number of esters is 3. The average molecular weight is 1010 g/mol. The predicted octanol–water partition coefficient (Wildman–Crippen LogP) is 7.49. The van der Waals surface area contributed by atoms with Crippen LogP contribution in [0.2, 0.25) is 0 Å². The third-order valence-electron chi connectivity index (χ3n) is 13.2. The monoisotopic (exact) mass is 1010 g/mol. The lowest BCUT2D eigenvalue weighted by atomic mass is 9.94. The van der Waals surface area contributed by atoms with Crippen LogP contribution in [0.4, 0.5) is 0 Å². The number of aliphatic carboxylic acids is 1. The number of benzene rings is 2. The lowest BCUT2D eigenvalue weighted by molar-refractivity contribution is -0.176. The van der Waals surface area contributed by atoms with Crippen molar-refractivity contribution in [3.05, 3.63) is 71.8 Å². The first-order valence-corrected chi connectivity index (χ1v) is 25.6. The third kappa shape index (κ3) is 18.4. The number of amides is 4. The zero-order valence-electron chi connectivity index (χ0n) is 46.0. The van der Waals surface area contributed by atoms with Crippen molar-refractivity contribution in [1.82, 2.24) is 19.6 Å². The number of carbonyl (C=O) groups excluding carboxylic acids is 7. The molecule has 0 saturated carbocycles. The van der Waals surface area contributed by atoms with Gasteiger partial charge in [0.25, 0.3) is 17.7 Å². The SMILES string of the molecule is CCCCC(OC(=O)C(CC(C)C)N(C)C(=O)C(OC(=O)C(Cc1ccccc1)N(C)C(=O)C(OC(=O)C(CC(C)C)N(C)C(=O)C(C)C(C)C)C(C)C)C(C)C)C(=O)N(C)C(Cc1ccccc1)C(=O)O. The predicted molar refractivity (Wildman–Crippen MR) is 276 cm³/mol. The molecule has 72 heavy (non-hydrogen) atoms. The molecule has 0 heterocycles. The number of carboxylic acids is 1. The number of nitrogens with zero attached hydrogens (tertiary/aromatic N) is 4. The van der Waals surface area contributed by atoms with Crippen LogP contribution in [0.3, 0.4) is 0 Å². The highest BCUT2D eigenvalue weighted by molar-refractivity contribution is 5.93. The Kier molecular flexibility index (Phi) is 25.7. The maximum absolute atomic E-state index is 14.6. The standard InChI is InChI=1S/C56H86N4O12/c1-17-18-29-46(50(62)57(13)42(53(65)66)32-40-25-21-19-22-26-40)70-54(67)43(30-34(2)3)59(15)51(63)47(37(8)9)72-56(69)45(33-41-27-23-20-24-28-41)60(16)52(64)48(38(10)11)71-55(68)44(31-35(4)5)58(14)49(61)39(12)36(6)7/h19-28,34-39,42-48H,17-18,29-33H2,1-16H3,(H,65,66). The number of hydrogen-bond acceptors (Lipinski definition) is 11. The van der Waals surface area contributed by atoms with Crippen LogP contribution in [0.15, 0.2) is 60.7 Å². The van der Waals surface area contributed by atoms with Gasteiger partial charge in [-0.05, 0) is 66.4 Å². The summed E-state index contributed by atoms with van der Waals surface area (Å²) in [5, 5.41) is 10.2. The van der Waals surface area contributed by atoms with E-state index in [2.05, 4.69) is 0 Å². The molecule has 4 amide bonds. The van der Waals surface area contributed by atoms with E-state index in [0.717, 1.165) is 9.80 Å². The molecule has 2 rings (SSSR count). The molecule has 1 N–H and O–H groups in total. The van der Waals surface area contributed by atoms with Gasteiger partial charge in [-0.25, -0.2) is 19.2 Å². The van der Waals surface area contributed by atoms with Gasteiger partial charge in [0.1, 0.15) is 24.2 Å². The summed E-state index contributed by atoms with van der Waals surface area (Å²) < 4.78 is 18.1. The first-order chi connectivity index (χ1) is 33.7. The molecule has 0 aliphatic heterocycles. The quantitative estimate of drug-likeness (QED) is 0.0624. The second-order valence-electron chi connectivity index (χ2n) is 21.1. The maximum Gasteiger partial charge on any atom is 0.329 e. The first kappa shape index (κ1) is 62.3. The van der Waals surface area contributed by atoms with Gasteiger partial charge < -0.3 is 38.9 Å². The second-order valence-corrected chi connectivity index (χ2v) is 21.1. The fourth-order valence-corrected chi connectivity index (χ4v) is 8.20. The highest BCUT2D eigenvalue weighted by Crippen LogP contribution is 2.25. The summed E-state index contributed by atoms with van der Waals surface area (Å²) in [7, 11) is 5.74. The Bertz CT molecular complexity index is 2080. The van der Waals surface area contributed by atoms with Gasteiger partial charge in [0.05, 0.1) is 0 Å². The normalized spacial score (nSPS) is 14.9. The van der Waals surface area contributed by atoms with Gasteiger partial charge in [-0.15, -0.1) is 0 Å². The topological polar surface area (TPSA) is 197 Å². The van der Waals surface area contributed by atoms with E-state index in [-0.39, 0.29) is 61.7 Å². The number of rotatable bonds is 29. The summed E-state index contributed by atoms with van der Waals surface area (Å²) in [5.74, 6) is -7.83. The molecule has 402 valence electrons. The van der Waals surface area contributed by atoms with Gasteiger partial charge in [-0.1, -0.05) is 150 Å². The summed E-state index contributed by atoms with van der Waals surface area (Å²) in [6, 6.07) is 13.0. The Labute approximate surface area is 429 Å². The Morgan fingerprint density at radius 1 is 0.472 bits per heavy atom. The fraction of sp³-hybridized carbons (Fsp3) is 0.643. The van der Waals surface area contributed by atoms with E-state index in [1.165, 1.54) is 30.9 Å². The molecule has 0 spiro atoms. The molecule has 0 bridgehead atoms. The molecule has 0 fully saturated rings. The van der Waals surface area contributed by atoms with Crippen molar-refractivity contribution in [2.45, 2.75) is 171 Å². The van der Waals surface area contributed by atoms with Crippen molar-refractivity contribution >= 4 is 47.5 Å². The smallest absolute Gasteiger partial charge is 0.329 e. The highest BCUT2D eigenvalue weighted by Gasteiger charge is 2.43. The average Bonchev–Trinajstić information content (AvgIpc) is 3.33. The van der Waals surface area contributed by atoms with Crippen LogP contribution < -0.4 is 0 Å². The molecular formula is C56H86N4O12. The van der Waals surface area contributed by atoms with Crippen LogP contribution in [0.1, 0.15) is 126 Å². The minimum absolute atomic E-state index is 0.00197. The molecule has 0 aliphatic rings. The van der Waals surface area contributed by atoms with Crippen molar-refractivity contribution in [1.29, 1.82) is 0 Å². The molecule has 16 heteroatoms. The summed E-state index contributed by atoms with van der Waals surface area (Å²) in [6.07, 6.45) is -2.54. The van der Waals surface area contributed by atoms with Gasteiger partial charge in [0, 0.05) is 47.0 Å². The number of hydrogen-bond donors (Lipinski definition) is 1. The largest absolute Gasteiger partial charge is 0.480 e. The van der Waals surface area contributed by atoms with Crippen LogP contribution in [0, 0.1) is 35.5 Å². The summed E-state index contributed by atoms with van der Waals surface area (Å²) in [6.45, 7) is 21.9. The number of carbonyl (C=O) groups is 8. The number of ether oxygens (including phenoxy) is 3. The van der Waals surface area contributed by atoms with Gasteiger partial charge in [0.15, 0.2) is 18.3 Å². The zero-order valence-corrected chi connectivity index (χ0v) is 46.0. The molecule has 2 aromatic carbocycles. The van der Waals surface area contributed by atoms with Crippen LogP contribution in [-0.4, -0.2) is 143 Å². The lowest BCUT2D eigenvalue weighted by Crippen LogP contribution is -2.55. The van der Waals surface area contributed by atoms with Crippen molar-refractivity contribution in [3.8, 4) is 0 Å². The fourth-order valence-electron chi connectivity index (χ4n) is 8.20. The van der Waals surface area contributed by atoms with E-state index in [0.29, 0.717) is 24.0 Å². The van der Waals surface area contributed by atoms with Crippen molar-refractivity contribution in [2.75, 3.05) is 28.2 Å². The molecule has 2 aromatic rings. The Morgan fingerprint density at radius 2 is 0.833 bits per heavy atom. The highest BCUT2D eigenvalue weighted by atomic mass is 16.6. The molecule has 0 saturated heterocycles. The summed E-state index contributed by atoms with van der Waals surface area (Å²) in [5.41, 5.74) is 1.38. The number of carboxylic acid groups (broad SMARTS) is 1. The Balaban J connectivity index is 2.52. The third-order valence-corrected chi connectivity index (χ3v) is 13.2. The summed E-state index contributed by atoms with van der Waals surface area (Å²) >= 11 is 0. The van der Waals surface area contributed by atoms with Gasteiger partial charge in [-0.3, -0.25) is 19.2 Å². The molecule has 0 radical (unpaired) electrons. The molecule has 0 aromatic heterocycles. The van der Waals surface area contributed by atoms with Crippen LogP contribution in [0.5, 0.6) is 0 Å². The minimum atomic E-state index is -1.46. The Hall–Kier alpha value is -5.80. The molecule has 8 unspecified atom stereocenters. The Morgan fingerprint density at radius 3 is 1.21 bits per heavy atom. The van der Waals surface area contributed by atoms with E-state index in [9.17, 15) is 43.5 Å². The van der Waals surface area contributed by atoms with Gasteiger partial charge in [0.2, 0.25) is 5.91 Å². The first-order valence-electron chi connectivity index (χ1n) is 25.6. The van der Waals surface area contributed by atoms with E-state index in [1.807, 2.05) is 48.5 Å². The van der Waals surface area contributed by atoms with Crippen LogP contribution in [-0.2, 0) is 65.4 Å². The molecule has 16 nitrogen and oxygen atoms in total. The lowest BCUT2D eigenvalue weighted by Gasteiger charge is -2.36. The van der Waals surface area contributed by atoms with Crippen molar-refractivity contribution < 1.29 is 57.7 Å². The van der Waals surface area contributed by atoms with Crippen LogP contribution >= 0.6 is 0 Å². The second kappa shape index (κ2) is 29.7. The zero-order chi connectivity index (χ0) is 54.7. The van der Waals surface area contributed by atoms with E-state index < -0.39 is 95.9 Å². The minimum Gasteiger partial charge on any atom is -0.480 e. The van der Waals surface area contributed by atoms with Gasteiger partial charge in [-0.2, -0.15) is 0 Å².